The maximum Gasteiger partial charge on any atom is 0.410 e. The summed E-state index contributed by atoms with van der Waals surface area (Å²) in [5.74, 6) is 0. The minimum absolute atomic E-state index is 0.273. The van der Waals surface area contributed by atoms with Gasteiger partial charge in [0.15, 0.2) is 0 Å². The second-order valence-corrected chi connectivity index (χ2v) is 8.27. The Morgan fingerprint density at radius 1 is 1.28 bits per heavy atom. The van der Waals surface area contributed by atoms with Crippen molar-refractivity contribution in [3.05, 3.63) is 34.9 Å². The van der Waals surface area contributed by atoms with Crippen LogP contribution in [0.1, 0.15) is 39.2 Å². The highest BCUT2D eigenvalue weighted by Gasteiger charge is 2.41. The molecule has 2 heterocycles. The molecule has 25 heavy (non-hydrogen) atoms. The van der Waals surface area contributed by atoms with Crippen molar-refractivity contribution in [1.29, 1.82) is 0 Å². The zero-order valence-electron chi connectivity index (χ0n) is 14.6. The van der Waals surface area contributed by atoms with Crippen LogP contribution in [0.3, 0.4) is 0 Å². The van der Waals surface area contributed by atoms with E-state index in [-0.39, 0.29) is 6.09 Å². The first-order chi connectivity index (χ1) is 11.7. The summed E-state index contributed by atoms with van der Waals surface area (Å²) in [4.78, 5) is 19.5. The van der Waals surface area contributed by atoms with Crippen LogP contribution in [0, 0.1) is 0 Å². The van der Waals surface area contributed by atoms with Crippen LogP contribution in [0.25, 0.3) is 0 Å². The van der Waals surface area contributed by atoms with E-state index in [1.807, 2.05) is 45.0 Å². The van der Waals surface area contributed by atoms with Crippen molar-refractivity contribution in [2.75, 3.05) is 13.1 Å². The quantitative estimate of drug-likeness (QED) is 0.754. The first kappa shape index (κ1) is 18.1. The smallest absolute Gasteiger partial charge is 0.410 e. The summed E-state index contributed by atoms with van der Waals surface area (Å²) in [6.45, 7) is 6.78. The van der Waals surface area contributed by atoms with Gasteiger partial charge >= 0.3 is 6.09 Å². The third kappa shape index (κ3) is 4.12. The Morgan fingerprint density at radius 2 is 1.88 bits per heavy atom. The van der Waals surface area contributed by atoms with Crippen LogP contribution in [-0.2, 0) is 4.74 Å². The molecule has 0 atom stereocenters. The zero-order valence-corrected chi connectivity index (χ0v) is 16.2. The molecule has 0 unspecified atom stereocenters. The molecular weight excluding hydrogens is 358 g/mol. The Morgan fingerprint density at radius 3 is 2.44 bits per heavy atom. The van der Waals surface area contributed by atoms with Gasteiger partial charge in [0, 0.05) is 36.5 Å². The lowest BCUT2D eigenvalue weighted by Crippen LogP contribution is -2.52. The number of benzene rings is 1. The number of nitrogens with one attached hydrogen (secondary N) is 1. The summed E-state index contributed by atoms with van der Waals surface area (Å²) >= 11 is 11.4. The fourth-order valence-corrected chi connectivity index (χ4v) is 3.47. The lowest BCUT2D eigenvalue weighted by Gasteiger charge is -2.38. The average Bonchev–Trinajstić information content (AvgIpc) is 2.83. The predicted molar refractivity (Wildman–Crippen MR) is 103 cm³/mol. The average molecular weight is 380 g/mol. The molecule has 2 aliphatic rings. The van der Waals surface area contributed by atoms with Crippen molar-refractivity contribution in [1.82, 2.24) is 10.2 Å². The van der Waals surface area contributed by atoms with E-state index in [0.29, 0.717) is 35.9 Å². The van der Waals surface area contributed by atoms with E-state index in [0.717, 1.165) is 11.3 Å². The topological polar surface area (TPSA) is 53.9 Å². The number of aliphatic imine (C=N–C) groups is 1. The van der Waals surface area contributed by atoms with Gasteiger partial charge in [-0.1, -0.05) is 36.0 Å². The van der Waals surface area contributed by atoms with E-state index in [2.05, 4.69) is 5.32 Å². The molecule has 0 saturated carbocycles. The maximum atomic E-state index is 12.2. The van der Waals surface area contributed by atoms with Gasteiger partial charge in [0.2, 0.25) is 0 Å². The number of rotatable bonds is 1. The van der Waals surface area contributed by atoms with Crippen molar-refractivity contribution < 1.29 is 9.53 Å². The molecular formula is C18H22ClN3O2S. The predicted octanol–water partition coefficient (Wildman–Crippen LogP) is 3.79. The van der Waals surface area contributed by atoms with Crippen LogP contribution in [0.15, 0.2) is 29.3 Å². The molecule has 5 nitrogen and oxygen atoms in total. The molecule has 1 saturated heterocycles. The summed E-state index contributed by atoms with van der Waals surface area (Å²) in [7, 11) is 0. The molecule has 0 aliphatic carbocycles. The summed E-state index contributed by atoms with van der Waals surface area (Å²) in [5, 5.41) is 4.04. The number of hydrogen-bond donors (Lipinski definition) is 1. The number of hydrogen-bond acceptors (Lipinski definition) is 4. The van der Waals surface area contributed by atoms with Crippen molar-refractivity contribution in [3.8, 4) is 0 Å². The number of ether oxygens (including phenoxy) is 1. The molecule has 7 heteroatoms. The monoisotopic (exact) mass is 379 g/mol. The van der Waals surface area contributed by atoms with Gasteiger partial charge in [0.25, 0.3) is 0 Å². The molecule has 1 aromatic carbocycles. The van der Waals surface area contributed by atoms with Crippen LogP contribution < -0.4 is 5.32 Å². The lowest BCUT2D eigenvalue weighted by molar-refractivity contribution is 0.0165. The van der Waals surface area contributed by atoms with Gasteiger partial charge < -0.3 is 15.0 Å². The summed E-state index contributed by atoms with van der Waals surface area (Å²) in [6, 6.07) is 7.50. The molecule has 1 aromatic rings. The Bertz CT molecular complexity index is 717. The molecule has 0 aromatic heterocycles. The highest BCUT2D eigenvalue weighted by atomic mass is 35.5. The van der Waals surface area contributed by atoms with E-state index in [9.17, 15) is 4.79 Å². The van der Waals surface area contributed by atoms with E-state index in [1.54, 1.807) is 4.90 Å². The van der Waals surface area contributed by atoms with Gasteiger partial charge in [-0.2, -0.15) is 0 Å². The Balaban J connectivity index is 1.70. The number of thiocarbonyl (C=S) groups is 1. The zero-order chi connectivity index (χ0) is 18.2. The Hall–Kier alpha value is -1.66. The first-order valence-corrected chi connectivity index (χ1v) is 9.12. The number of halogens is 1. The SMILES string of the molecule is CC(C)(C)OC(=O)N1CCC2(CC1)N=C(c1ccc(Cl)cc1)C(=S)N2. The molecule has 1 spiro atoms. The summed E-state index contributed by atoms with van der Waals surface area (Å²) in [5.41, 5.74) is 0.829. The molecule has 134 valence electrons. The van der Waals surface area contributed by atoms with Crippen molar-refractivity contribution in [3.63, 3.8) is 0 Å². The fraction of sp³-hybridized carbons (Fsp3) is 0.500. The Kier molecular flexibility index (Phi) is 4.77. The third-order valence-electron chi connectivity index (χ3n) is 4.25. The molecule has 0 radical (unpaired) electrons. The van der Waals surface area contributed by atoms with Gasteiger partial charge in [-0.15, -0.1) is 0 Å². The maximum absolute atomic E-state index is 12.2. The number of carbonyl (C=O) groups excluding carboxylic acids is 1. The van der Waals surface area contributed by atoms with Gasteiger partial charge in [-0.05, 0) is 32.9 Å². The van der Waals surface area contributed by atoms with Gasteiger partial charge in [-0.25, -0.2) is 4.79 Å². The largest absolute Gasteiger partial charge is 0.444 e. The number of likely N-dealkylation sites (tertiary alicyclic amines) is 1. The second kappa shape index (κ2) is 6.57. The Labute approximate surface area is 158 Å². The number of carbonyl (C=O) groups is 1. The molecule has 1 N–H and O–H groups in total. The highest BCUT2D eigenvalue weighted by molar-refractivity contribution is 7.82. The van der Waals surface area contributed by atoms with Crippen LogP contribution in [0.4, 0.5) is 4.79 Å². The minimum atomic E-state index is -0.487. The van der Waals surface area contributed by atoms with E-state index in [1.165, 1.54) is 0 Å². The second-order valence-electron chi connectivity index (χ2n) is 7.42. The van der Waals surface area contributed by atoms with Crippen LogP contribution in [-0.4, -0.2) is 46.0 Å². The van der Waals surface area contributed by atoms with Crippen LogP contribution >= 0.6 is 23.8 Å². The number of nitrogens with zero attached hydrogens (tertiary/aromatic N) is 2. The minimum Gasteiger partial charge on any atom is -0.444 e. The number of amides is 1. The highest BCUT2D eigenvalue weighted by Crippen LogP contribution is 2.30. The van der Waals surface area contributed by atoms with Gasteiger partial charge in [-0.3, -0.25) is 4.99 Å². The number of piperidine rings is 1. The molecule has 3 rings (SSSR count). The van der Waals surface area contributed by atoms with E-state index >= 15 is 0 Å². The molecule has 2 aliphatic heterocycles. The standard InChI is InChI=1S/C18H22ClN3O2S/c1-17(2,3)24-16(23)22-10-8-18(9-11-22)20-14(15(25)21-18)12-4-6-13(19)7-5-12/h4-7H,8-11H2,1-3H3,(H,21,25). The van der Waals surface area contributed by atoms with Crippen LogP contribution in [0.5, 0.6) is 0 Å². The van der Waals surface area contributed by atoms with Crippen molar-refractivity contribution in [2.24, 2.45) is 4.99 Å². The van der Waals surface area contributed by atoms with E-state index < -0.39 is 11.3 Å². The molecule has 1 amide bonds. The van der Waals surface area contributed by atoms with Crippen LogP contribution in [0.2, 0.25) is 5.02 Å². The first-order valence-electron chi connectivity index (χ1n) is 8.34. The third-order valence-corrected chi connectivity index (χ3v) is 4.79. The summed E-state index contributed by atoms with van der Waals surface area (Å²) < 4.78 is 5.44. The van der Waals surface area contributed by atoms with E-state index in [4.69, 9.17) is 33.5 Å². The van der Waals surface area contributed by atoms with Gasteiger partial charge in [0.1, 0.15) is 22.0 Å². The molecule has 0 bridgehead atoms. The van der Waals surface area contributed by atoms with Crippen molar-refractivity contribution in [2.45, 2.75) is 44.9 Å². The van der Waals surface area contributed by atoms with Crippen molar-refractivity contribution >= 4 is 40.6 Å². The summed E-state index contributed by atoms with van der Waals surface area (Å²) in [6.07, 6.45) is 1.12. The van der Waals surface area contributed by atoms with Gasteiger partial charge in [0.05, 0.1) is 0 Å². The lowest BCUT2D eigenvalue weighted by atomic mass is 9.98. The fourth-order valence-electron chi connectivity index (χ4n) is 2.99. The molecule has 1 fully saturated rings. The normalized spacial score (nSPS) is 19.6.